The van der Waals surface area contributed by atoms with Crippen LogP contribution in [0.4, 0.5) is 18.9 Å². The third-order valence-electron chi connectivity index (χ3n) is 4.08. The van der Waals surface area contributed by atoms with Crippen LogP contribution in [-0.2, 0) is 21.0 Å². The van der Waals surface area contributed by atoms with Crippen LogP contribution in [-0.4, -0.2) is 39.8 Å². The topological polar surface area (TPSA) is 75.7 Å². The second-order valence-corrected chi connectivity index (χ2v) is 8.82. The summed E-state index contributed by atoms with van der Waals surface area (Å²) in [5.41, 5.74) is -0.181. The third-order valence-corrected chi connectivity index (χ3v) is 5.22. The largest absolute Gasteiger partial charge is 0.491 e. The summed E-state index contributed by atoms with van der Waals surface area (Å²) in [5.74, 6) is -0.0544. The zero-order chi connectivity index (χ0) is 22.5. The van der Waals surface area contributed by atoms with Gasteiger partial charge < -0.3 is 10.1 Å². The lowest BCUT2D eigenvalue weighted by Gasteiger charge is -2.24. The number of benzene rings is 2. The zero-order valence-electron chi connectivity index (χ0n) is 16.7. The van der Waals surface area contributed by atoms with Crippen LogP contribution < -0.4 is 14.4 Å². The minimum Gasteiger partial charge on any atom is -0.491 e. The van der Waals surface area contributed by atoms with Gasteiger partial charge in [0, 0.05) is 0 Å². The molecule has 1 unspecified atom stereocenters. The number of amides is 1. The smallest absolute Gasteiger partial charge is 0.416 e. The summed E-state index contributed by atoms with van der Waals surface area (Å²) in [7, 11) is -4.00. The number of hydrogen-bond donors (Lipinski definition) is 1. The molecule has 0 saturated carbocycles. The van der Waals surface area contributed by atoms with Gasteiger partial charge in [-0.05, 0) is 44.2 Å². The van der Waals surface area contributed by atoms with E-state index >= 15 is 0 Å². The molecular formula is C20H23F3N2O4S. The predicted molar refractivity (Wildman–Crippen MR) is 108 cm³/mol. The van der Waals surface area contributed by atoms with Crippen LogP contribution in [0.25, 0.3) is 0 Å². The standard InChI is InChI=1S/C20H23F3N2O4S/c1-14-7-9-18(10-8-14)29-13-15(2)24-19(26)12-25(30(3,27)28)17-6-4-5-16(11-17)20(21,22)23/h4-11,15H,12-13H2,1-3H3,(H,24,26). The number of anilines is 1. The molecule has 0 saturated heterocycles. The van der Waals surface area contributed by atoms with E-state index in [-0.39, 0.29) is 12.3 Å². The van der Waals surface area contributed by atoms with Crippen LogP contribution in [0.2, 0.25) is 0 Å². The molecule has 6 nitrogen and oxygen atoms in total. The molecule has 10 heteroatoms. The highest BCUT2D eigenvalue weighted by Crippen LogP contribution is 2.32. The van der Waals surface area contributed by atoms with Gasteiger partial charge in [0.15, 0.2) is 0 Å². The van der Waals surface area contributed by atoms with E-state index in [0.717, 1.165) is 24.0 Å². The second kappa shape index (κ2) is 9.38. The van der Waals surface area contributed by atoms with Crippen molar-refractivity contribution in [2.24, 2.45) is 0 Å². The number of halogens is 3. The van der Waals surface area contributed by atoms with Gasteiger partial charge in [0.1, 0.15) is 18.9 Å². The van der Waals surface area contributed by atoms with Gasteiger partial charge in [-0.25, -0.2) is 8.42 Å². The molecule has 2 aromatic rings. The summed E-state index contributed by atoms with van der Waals surface area (Å²) in [6.07, 6.45) is -3.81. The van der Waals surface area contributed by atoms with Crippen LogP contribution in [0.1, 0.15) is 18.1 Å². The first-order chi connectivity index (χ1) is 13.9. The molecule has 0 heterocycles. The maximum absolute atomic E-state index is 12.9. The number of aryl methyl sites for hydroxylation is 1. The highest BCUT2D eigenvalue weighted by Gasteiger charge is 2.32. The van der Waals surface area contributed by atoms with Crippen molar-refractivity contribution in [3.8, 4) is 5.75 Å². The molecule has 164 valence electrons. The summed E-state index contributed by atoms with van der Waals surface area (Å²) in [4.78, 5) is 12.3. The fraction of sp³-hybridized carbons (Fsp3) is 0.350. The van der Waals surface area contributed by atoms with Crippen molar-refractivity contribution in [1.29, 1.82) is 0 Å². The molecule has 0 aliphatic carbocycles. The predicted octanol–water partition coefficient (Wildman–Crippen LogP) is 3.36. The van der Waals surface area contributed by atoms with E-state index in [4.69, 9.17) is 4.74 Å². The van der Waals surface area contributed by atoms with E-state index < -0.39 is 40.3 Å². The Labute approximate surface area is 173 Å². The van der Waals surface area contributed by atoms with Crippen LogP contribution >= 0.6 is 0 Å². The minimum absolute atomic E-state index is 0.136. The fourth-order valence-electron chi connectivity index (χ4n) is 2.59. The van der Waals surface area contributed by atoms with Crippen molar-refractivity contribution in [2.45, 2.75) is 26.1 Å². The average Bonchev–Trinajstić information content (AvgIpc) is 2.64. The first-order valence-corrected chi connectivity index (χ1v) is 10.8. The zero-order valence-corrected chi connectivity index (χ0v) is 17.5. The monoisotopic (exact) mass is 444 g/mol. The Kier molecular flexibility index (Phi) is 7.35. The lowest BCUT2D eigenvalue weighted by molar-refractivity contribution is -0.137. The summed E-state index contributed by atoms with van der Waals surface area (Å²) < 4.78 is 69.2. The number of alkyl halides is 3. The number of nitrogens with one attached hydrogen (secondary N) is 1. The van der Waals surface area contributed by atoms with Gasteiger partial charge >= 0.3 is 6.18 Å². The van der Waals surface area contributed by atoms with Crippen molar-refractivity contribution in [3.05, 3.63) is 59.7 Å². The molecule has 0 aliphatic rings. The van der Waals surface area contributed by atoms with Gasteiger partial charge in [-0.3, -0.25) is 9.10 Å². The number of nitrogens with zero attached hydrogens (tertiary/aromatic N) is 1. The van der Waals surface area contributed by atoms with Crippen molar-refractivity contribution in [2.75, 3.05) is 23.7 Å². The first kappa shape index (κ1) is 23.5. The summed E-state index contributed by atoms with van der Waals surface area (Å²) in [6.45, 7) is 3.08. The second-order valence-electron chi connectivity index (χ2n) is 6.91. The van der Waals surface area contributed by atoms with Crippen molar-refractivity contribution < 1.29 is 31.1 Å². The van der Waals surface area contributed by atoms with Gasteiger partial charge in [0.05, 0.1) is 23.5 Å². The van der Waals surface area contributed by atoms with Gasteiger partial charge in [-0.2, -0.15) is 13.2 Å². The number of carbonyl (C=O) groups excluding carboxylic acids is 1. The number of carbonyl (C=O) groups is 1. The Morgan fingerprint density at radius 2 is 1.80 bits per heavy atom. The number of rotatable bonds is 8. The van der Waals surface area contributed by atoms with Crippen LogP contribution in [0.3, 0.4) is 0 Å². The van der Waals surface area contributed by atoms with Crippen LogP contribution in [0.5, 0.6) is 5.75 Å². The van der Waals surface area contributed by atoms with Gasteiger partial charge in [-0.15, -0.1) is 0 Å². The molecule has 0 bridgehead atoms. The Hall–Kier alpha value is -2.75. The quantitative estimate of drug-likeness (QED) is 0.678. The van der Waals surface area contributed by atoms with Gasteiger partial charge in [0.2, 0.25) is 15.9 Å². The molecule has 30 heavy (non-hydrogen) atoms. The molecule has 1 N–H and O–H groups in total. The lowest BCUT2D eigenvalue weighted by atomic mass is 10.2. The van der Waals surface area contributed by atoms with Gasteiger partial charge in [0.25, 0.3) is 0 Å². The maximum Gasteiger partial charge on any atom is 0.416 e. The molecular weight excluding hydrogens is 421 g/mol. The van der Waals surface area contributed by atoms with Gasteiger partial charge in [-0.1, -0.05) is 23.8 Å². The molecule has 2 aromatic carbocycles. The first-order valence-electron chi connectivity index (χ1n) is 9.00. The Morgan fingerprint density at radius 1 is 1.17 bits per heavy atom. The molecule has 1 atom stereocenters. The molecule has 0 fully saturated rings. The number of ether oxygens (including phenoxy) is 1. The van der Waals surface area contributed by atoms with Crippen LogP contribution in [0, 0.1) is 6.92 Å². The summed E-state index contributed by atoms with van der Waals surface area (Å²) >= 11 is 0. The number of sulfonamides is 1. The number of hydrogen-bond acceptors (Lipinski definition) is 4. The molecule has 0 aliphatic heterocycles. The lowest BCUT2D eigenvalue weighted by Crippen LogP contribution is -2.45. The van der Waals surface area contributed by atoms with E-state index in [0.29, 0.717) is 16.1 Å². The SMILES string of the molecule is Cc1ccc(OCC(C)NC(=O)CN(c2cccc(C(F)(F)F)c2)S(C)(=O)=O)cc1. The van der Waals surface area contributed by atoms with E-state index in [1.165, 1.54) is 6.07 Å². The summed E-state index contributed by atoms with van der Waals surface area (Å²) in [6, 6.07) is 10.7. The van der Waals surface area contributed by atoms with Crippen molar-refractivity contribution >= 4 is 21.6 Å². The average molecular weight is 444 g/mol. The highest BCUT2D eigenvalue weighted by molar-refractivity contribution is 7.92. The van der Waals surface area contributed by atoms with Crippen molar-refractivity contribution in [3.63, 3.8) is 0 Å². The van der Waals surface area contributed by atoms with E-state index in [9.17, 15) is 26.4 Å². The molecule has 0 spiro atoms. The fourth-order valence-corrected chi connectivity index (χ4v) is 3.43. The Bertz CT molecular complexity index is 976. The Morgan fingerprint density at radius 3 is 2.37 bits per heavy atom. The molecule has 2 rings (SSSR count). The normalized spacial score (nSPS) is 12.9. The molecule has 0 radical (unpaired) electrons. The highest BCUT2D eigenvalue weighted by atomic mass is 32.2. The van der Waals surface area contributed by atoms with Crippen LogP contribution in [0.15, 0.2) is 48.5 Å². The van der Waals surface area contributed by atoms with E-state index in [2.05, 4.69) is 5.32 Å². The summed E-state index contributed by atoms with van der Waals surface area (Å²) in [5, 5.41) is 2.59. The van der Waals surface area contributed by atoms with Crippen molar-refractivity contribution in [1.82, 2.24) is 5.32 Å². The third kappa shape index (κ3) is 6.94. The molecule has 1 amide bonds. The maximum atomic E-state index is 12.9. The molecule has 0 aromatic heterocycles. The van der Waals surface area contributed by atoms with E-state index in [1.54, 1.807) is 19.1 Å². The Balaban J connectivity index is 2.04. The van der Waals surface area contributed by atoms with E-state index in [1.807, 2.05) is 19.1 Å². The minimum atomic E-state index is -4.64.